The fourth-order valence-electron chi connectivity index (χ4n) is 1.86. The van der Waals surface area contributed by atoms with Gasteiger partial charge in [0.1, 0.15) is 0 Å². The highest BCUT2D eigenvalue weighted by molar-refractivity contribution is 5.84. The van der Waals surface area contributed by atoms with Crippen LogP contribution in [0.4, 0.5) is 0 Å². The molecular formula is C14H27N3O2. The minimum atomic E-state index is -0.119. The second kappa shape index (κ2) is 6.89. The molecule has 1 fully saturated rings. The van der Waals surface area contributed by atoms with Crippen LogP contribution >= 0.6 is 0 Å². The fraction of sp³-hybridized carbons (Fsp3) is 0.857. The van der Waals surface area contributed by atoms with Gasteiger partial charge in [0.2, 0.25) is 11.8 Å². The SMILES string of the molecule is CN(CCNC(=O)CNC(=O)CC(C)(C)C)C1CC1. The van der Waals surface area contributed by atoms with E-state index in [0.29, 0.717) is 19.0 Å². The van der Waals surface area contributed by atoms with E-state index in [0.717, 1.165) is 6.54 Å². The van der Waals surface area contributed by atoms with Crippen molar-refractivity contribution in [3.8, 4) is 0 Å². The van der Waals surface area contributed by atoms with Gasteiger partial charge in [-0.2, -0.15) is 0 Å². The van der Waals surface area contributed by atoms with Crippen LogP contribution in [0.3, 0.4) is 0 Å². The summed E-state index contributed by atoms with van der Waals surface area (Å²) in [7, 11) is 2.08. The van der Waals surface area contributed by atoms with Crippen LogP contribution in [-0.4, -0.2) is 49.4 Å². The van der Waals surface area contributed by atoms with Crippen LogP contribution in [0.1, 0.15) is 40.0 Å². The Labute approximate surface area is 116 Å². The Kier molecular flexibility index (Phi) is 5.79. The van der Waals surface area contributed by atoms with E-state index in [1.165, 1.54) is 12.8 Å². The third-order valence-electron chi connectivity index (χ3n) is 3.09. The minimum absolute atomic E-state index is 0.0481. The van der Waals surface area contributed by atoms with Crippen LogP contribution in [0.25, 0.3) is 0 Å². The summed E-state index contributed by atoms with van der Waals surface area (Å²) in [4.78, 5) is 25.3. The zero-order chi connectivity index (χ0) is 14.5. The van der Waals surface area contributed by atoms with Gasteiger partial charge in [-0.05, 0) is 25.3 Å². The highest BCUT2D eigenvalue weighted by Crippen LogP contribution is 2.24. The van der Waals surface area contributed by atoms with Gasteiger partial charge in [0.05, 0.1) is 6.54 Å². The largest absolute Gasteiger partial charge is 0.353 e. The lowest BCUT2D eigenvalue weighted by Crippen LogP contribution is -2.40. The summed E-state index contributed by atoms with van der Waals surface area (Å²) in [6, 6.07) is 0.711. The van der Waals surface area contributed by atoms with E-state index in [1.54, 1.807) is 0 Å². The average molecular weight is 269 g/mol. The highest BCUT2D eigenvalue weighted by atomic mass is 16.2. The molecule has 5 heteroatoms. The highest BCUT2D eigenvalue weighted by Gasteiger charge is 2.25. The quantitative estimate of drug-likeness (QED) is 0.717. The van der Waals surface area contributed by atoms with Crippen LogP contribution in [0.15, 0.2) is 0 Å². The standard InChI is InChI=1S/C14H27N3O2/c1-14(2,3)9-12(18)16-10-13(19)15-7-8-17(4)11-5-6-11/h11H,5-10H2,1-4H3,(H,15,19)(H,16,18). The van der Waals surface area contributed by atoms with Crippen molar-refractivity contribution in [3.63, 3.8) is 0 Å². The molecule has 0 aromatic heterocycles. The molecule has 0 unspecified atom stereocenters. The fourth-order valence-corrected chi connectivity index (χ4v) is 1.86. The number of hydrogen-bond donors (Lipinski definition) is 2. The van der Waals surface area contributed by atoms with Gasteiger partial charge in [-0.15, -0.1) is 0 Å². The first-order valence-corrected chi connectivity index (χ1v) is 7.01. The summed E-state index contributed by atoms with van der Waals surface area (Å²) in [6.07, 6.45) is 2.98. The Balaban J connectivity index is 2.05. The summed E-state index contributed by atoms with van der Waals surface area (Å²) in [5.74, 6) is -0.191. The van der Waals surface area contributed by atoms with E-state index in [9.17, 15) is 9.59 Å². The van der Waals surface area contributed by atoms with Crippen molar-refractivity contribution in [2.24, 2.45) is 5.41 Å². The number of carbonyl (C=O) groups is 2. The molecule has 1 aliphatic rings. The maximum Gasteiger partial charge on any atom is 0.239 e. The predicted octanol–water partition coefficient (Wildman–Crippen LogP) is 0.749. The molecule has 0 aromatic carbocycles. The van der Waals surface area contributed by atoms with Crippen molar-refractivity contribution < 1.29 is 9.59 Å². The van der Waals surface area contributed by atoms with Crippen LogP contribution < -0.4 is 10.6 Å². The van der Waals surface area contributed by atoms with E-state index in [-0.39, 0.29) is 23.8 Å². The molecule has 110 valence electrons. The first-order valence-electron chi connectivity index (χ1n) is 7.01. The van der Waals surface area contributed by atoms with E-state index in [4.69, 9.17) is 0 Å². The van der Waals surface area contributed by atoms with E-state index >= 15 is 0 Å². The molecule has 1 saturated carbocycles. The lowest BCUT2D eigenvalue weighted by Gasteiger charge is -2.17. The monoisotopic (exact) mass is 269 g/mol. The predicted molar refractivity (Wildman–Crippen MR) is 75.7 cm³/mol. The Hall–Kier alpha value is -1.10. The second-order valence-corrected chi connectivity index (χ2v) is 6.58. The van der Waals surface area contributed by atoms with Crippen molar-refractivity contribution >= 4 is 11.8 Å². The number of amides is 2. The topological polar surface area (TPSA) is 61.4 Å². The minimum Gasteiger partial charge on any atom is -0.353 e. The summed E-state index contributed by atoms with van der Waals surface area (Å²) < 4.78 is 0. The lowest BCUT2D eigenvalue weighted by atomic mass is 9.92. The summed E-state index contributed by atoms with van der Waals surface area (Å²) >= 11 is 0. The molecule has 0 bridgehead atoms. The third-order valence-corrected chi connectivity index (χ3v) is 3.09. The van der Waals surface area contributed by atoms with Gasteiger partial charge < -0.3 is 15.5 Å². The maximum absolute atomic E-state index is 11.5. The van der Waals surface area contributed by atoms with Gasteiger partial charge in [0.15, 0.2) is 0 Å². The average Bonchev–Trinajstić information content (AvgIpc) is 3.07. The van der Waals surface area contributed by atoms with Crippen LogP contribution in [0.2, 0.25) is 0 Å². The van der Waals surface area contributed by atoms with Crippen molar-refractivity contribution in [2.45, 2.75) is 46.1 Å². The van der Waals surface area contributed by atoms with Gasteiger partial charge in [-0.1, -0.05) is 20.8 Å². The van der Waals surface area contributed by atoms with Gasteiger partial charge in [-0.25, -0.2) is 0 Å². The van der Waals surface area contributed by atoms with E-state index < -0.39 is 0 Å². The van der Waals surface area contributed by atoms with Gasteiger partial charge in [-0.3, -0.25) is 9.59 Å². The number of rotatable bonds is 7. The van der Waals surface area contributed by atoms with Gasteiger partial charge in [0.25, 0.3) is 0 Å². The summed E-state index contributed by atoms with van der Waals surface area (Å²) in [5, 5.41) is 5.47. The zero-order valence-electron chi connectivity index (χ0n) is 12.6. The first-order chi connectivity index (χ1) is 8.78. The van der Waals surface area contributed by atoms with Gasteiger partial charge in [0, 0.05) is 25.6 Å². The molecule has 0 aromatic rings. The molecular weight excluding hydrogens is 242 g/mol. The van der Waals surface area contributed by atoms with Crippen LogP contribution in [0.5, 0.6) is 0 Å². The normalized spacial score (nSPS) is 15.4. The van der Waals surface area contributed by atoms with Crippen LogP contribution in [0, 0.1) is 5.41 Å². The van der Waals surface area contributed by atoms with Crippen molar-refractivity contribution in [3.05, 3.63) is 0 Å². The Morgan fingerprint density at radius 2 is 1.79 bits per heavy atom. The Morgan fingerprint density at radius 1 is 1.16 bits per heavy atom. The molecule has 0 saturated heterocycles. The molecule has 0 heterocycles. The van der Waals surface area contributed by atoms with Crippen molar-refractivity contribution in [1.29, 1.82) is 0 Å². The summed E-state index contributed by atoms with van der Waals surface area (Å²) in [6.45, 7) is 7.58. The van der Waals surface area contributed by atoms with Crippen molar-refractivity contribution in [2.75, 3.05) is 26.7 Å². The first kappa shape index (κ1) is 16.0. The van der Waals surface area contributed by atoms with Crippen LogP contribution in [-0.2, 0) is 9.59 Å². The summed E-state index contributed by atoms with van der Waals surface area (Å²) in [5.41, 5.74) is -0.0481. The number of carbonyl (C=O) groups excluding carboxylic acids is 2. The molecule has 19 heavy (non-hydrogen) atoms. The number of nitrogens with one attached hydrogen (secondary N) is 2. The Morgan fingerprint density at radius 3 is 2.32 bits per heavy atom. The molecule has 1 aliphatic carbocycles. The lowest BCUT2D eigenvalue weighted by molar-refractivity contribution is -0.127. The third kappa shape index (κ3) is 7.82. The molecule has 0 spiro atoms. The van der Waals surface area contributed by atoms with E-state index in [2.05, 4.69) is 22.6 Å². The molecule has 2 amide bonds. The maximum atomic E-state index is 11.5. The molecule has 0 radical (unpaired) electrons. The van der Waals surface area contributed by atoms with Crippen molar-refractivity contribution in [1.82, 2.24) is 15.5 Å². The number of likely N-dealkylation sites (N-methyl/N-ethyl adjacent to an activating group) is 1. The molecule has 1 rings (SSSR count). The zero-order valence-corrected chi connectivity index (χ0v) is 12.6. The smallest absolute Gasteiger partial charge is 0.239 e. The molecule has 0 atom stereocenters. The molecule has 0 aliphatic heterocycles. The second-order valence-electron chi connectivity index (χ2n) is 6.58. The number of nitrogens with zero attached hydrogens (tertiary/aromatic N) is 1. The van der Waals surface area contributed by atoms with E-state index in [1.807, 2.05) is 20.8 Å². The number of hydrogen-bond acceptors (Lipinski definition) is 3. The molecule has 2 N–H and O–H groups in total. The van der Waals surface area contributed by atoms with Gasteiger partial charge >= 0.3 is 0 Å². The molecule has 5 nitrogen and oxygen atoms in total. The Bertz CT molecular complexity index is 319.